The van der Waals surface area contributed by atoms with Gasteiger partial charge in [0.1, 0.15) is 5.82 Å². The summed E-state index contributed by atoms with van der Waals surface area (Å²) < 4.78 is 54.5. The van der Waals surface area contributed by atoms with Gasteiger partial charge in [0.15, 0.2) is 0 Å². The van der Waals surface area contributed by atoms with Crippen molar-refractivity contribution in [1.82, 2.24) is 9.78 Å². The second-order valence-electron chi connectivity index (χ2n) is 6.85. The normalized spacial score (nSPS) is 14.0. The highest BCUT2D eigenvalue weighted by molar-refractivity contribution is 5.95. The maximum atomic E-state index is 13.2. The summed E-state index contributed by atoms with van der Waals surface area (Å²) in [7, 11) is 0. The monoisotopic (exact) mass is 403 g/mol. The molecule has 0 saturated carbocycles. The van der Waals surface area contributed by atoms with Crippen molar-refractivity contribution in [2.24, 2.45) is 0 Å². The van der Waals surface area contributed by atoms with Gasteiger partial charge in [-0.25, -0.2) is 9.07 Å². The molecule has 150 valence electrons. The van der Waals surface area contributed by atoms with Crippen molar-refractivity contribution in [3.8, 4) is 5.69 Å². The molecule has 0 atom stereocenters. The smallest absolute Gasteiger partial charge is 0.309 e. The first kappa shape index (κ1) is 19.2. The van der Waals surface area contributed by atoms with Crippen molar-refractivity contribution in [1.29, 1.82) is 0 Å². The van der Waals surface area contributed by atoms with Gasteiger partial charge in [-0.05, 0) is 48.7 Å². The number of benzene rings is 2. The molecule has 0 radical (unpaired) electrons. The molecule has 4 nitrogen and oxygen atoms in total. The zero-order valence-electron chi connectivity index (χ0n) is 15.3. The molecule has 0 aliphatic carbocycles. The number of halogens is 4. The molecule has 3 aromatic rings. The molecule has 0 fully saturated rings. The molecule has 0 spiro atoms. The van der Waals surface area contributed by atoms with E-state index in [1.54, 1.807) is 16.8 Å². The molecule has 2 aromatic carbocycles. The summed E-state index contributed by atoms with van der Waals surface area (Å²) in [5.41, 5.74) is 1.16. The summed E-state index contributed by atoms with van der Waals surface area (Å²) in [6.45, 7) is 0.412. The summed E-state index contributed by atoms with van der Waals surface area (Å²) in [5.74, 6) is -0.781. The molecule has 29 heavy (non-hydrogen) atoms. The van der Waals surface area contributed by atoms with Crippen LogP contribution in [0.3, 0.4) is 0 Å². The van der Waals surface area contributed by atoms with Crippen LogP contribution in [0.25, 0.3) is 5.69 Å². The van der Waals surface area contributed by atoms with Crippen molar-refractivity contribution in [2.75, 3.05) is 11.4 Å². The van der Waals surface area contributed by atoms with Gasteiger partial charge in [-0.15, -0.1) is 0 Å². The van der Waals surface area contributed by atoms with Crippen LogP contribution >= 0.6 is 0 Å². The van der Waals surface area contributed by atoms with Gasteiger partial charge in [-0.1, -0.05) is 18.2 Å². The first-order valence-electron chi connectivity index (χ1n) is 9.13. The van der Waals surface area contributed by atoms with Crippen molar-refractivity contribution in [2.45, 2.75) is 25.4 Å². The number of hydrogen-bond donors (Lipinski definition) is 0. The minimum Gasteiger partial charge on any atom is -0.309 e. The van der Waals surface area contributed by atoms with Crippen LogP contribution in [0.1, 0.15) is 23.2 Å². The van der Waals surface area contributed by atoms with E-state index in [1.165, 1.54) is 41.4 Å². The van der Waals surface area contributed by atoms with Gasteiger partial charge in [0, 0.05) is 6.54 Å². The lowest BCUT2D eigenvalue weighted by molar-refractivity contribution is -0.138. The van der Waals surface area contributed by atoms with Gasteiger partial charge in [0.25, 0.3) is 0 Å². The second kappa shape index (κ2) is 7.35. The lowest BCUT2D eigenvalue weighted by atomic mass is 10.0. The fourth-order valence-corrected chi connectivity index (χ4v) is 3.62. The molecule has 0 N–H and O–H groups in total. The van der Waals surface area contributed by atoms with Crippen molar-refractivity contribution in [3.05, 3.63) is 77.4 Å². The summed E-state index contributed by atoms with van der Waals surface area (Å²) in [4.78, 5) is 14.4. The second-order valence-corrected chi connectivity index (χ2v) is 6.85. The first-order chi connectivity index (χ1) is 13.8. The Morgan fingerprint density at radius 2 is 1.79 bits per heavy atom. The van der Waals surface area contributed by atoms with Crippen LogP contribution in [0.15, 0.2) is 54.7 Å². The third kappa shape index (κ3) is 3.74. The molecule has 1 aliphatic heterocycles. The van der Waals surface area contributed by atoms with E-state index in [2.05, 4.69) is 5.10 Å². The number of alkyl halides is 3. The average molecular weight is 403 g/mol. The topological polar surface area (TPSA) is 38.1 Å². The molecule has 4 rings (SSSR count). The number of aromatic nitrogens is 2. The number of hydrogen-bond acceptors (Lipinski definition) is 2. The quantitative estimate of drug-likeness (QED) is 0.602. The number of rotatable bonds is 3. The number of nitrogens with zero attached hydrogens (tertiary/aromatic N) is 3. The summed E-state index contributed by atoms with van der Waals surface area (Å²) >= 11 is 0. The standard InChI is InChI=1S/C21H17F4N3O/c22-15-7-9-16(10-8-15)28-18-6-3-11-27(19(18)13-26-28)20(29)12-14-4-1-2-5-17(14)21(23,24)25/h1-2,4-5,7-10,13H,3,6,11-12H2. The highest BCUT2D eigenvalue weighted by Gasteiger charge is 2.34. The zero-order valence-corrected chi connectivity index (χ0v) is 15.3. The fraction of sp³-hybridized carbons (Fsp3) is 0.238. The van der Waals surface area contributed by atoms with Gasteiger partial charge < -0.3 is 4.90 Å². The third-order valence-electron chi connectivity index (χ3n) is 4.97. The lowest BCUT2D eigenvalue weighted by Crippen LogP contribution is -2.36. The molecule has 0 unspecified atom stereocenters. The maximum Gasteiger partial charge on any atom is 0.416 e. The van der Waals surface area contributed by atoms with Crippen molar-refractivity contribution < 1.29 is 22.4 Å². The van der Waals surface area contributed by atoms with Gasteiger partial charge >= 0.3 is 6.18 Å². The number of fused-ring (bicyclic) bond motifs is 1. The number of anilines is 1. The first-order valence-corrected chi connectivity index (χ1v) is 9.13. The number of amides is 1. The van der Waals surface area contributed by atoms with Gasteiger partial charge in [-0.3, -0.25) is 4.79 Å². The Kier molecular flexibility index (Phi) is 4.86. The van der Waals surface area contributed by atoms with Crippen LogP contribution in [0.2, 0.25) is 0 Å². The zero-order chi connectivity index (χ0) is 20.6. The lowest BCUT2D eigenvalue weighted by Gasteiger charge is -2.27. The Morgan fingerprint density at radius 3 is 2.52 bits per heavy atom. The minimum absolute atomic E-state index is 0.0527. The Balaban J connectivity index is 1.63. The van der Waals surface area contributed by atoms with E-state index >= 15 is 0 Å². The van der Waals surface area contributed by atoms with Gasteiger partial charge in [-0.2, -0.15) is 18.3 Å². The molecule has 0 bridgehead atoms. The van der Waals surface area contributed by atoms with Crippen LogP contribution in [0.4, 0.5) is 23.2 Å². The van der Waals surface area contributed by atoms with Crippen LogP contribution in [-0.4, -0.2) is 22.2 Å². The Morgan fingerprint density at radius 1 is 1.07 bits per heavy atom. The molecule has 1 amide bonds. The van der Waals surface area contributed by atoms with E-state index in [4.69, 9.17) is 0 Å². The van der Waals surface area contributed by atoms with Crippen molar-refractivity contribution in [3.63, 3.8) is 0 Å². The maximum absolute atomic E-state index is 13.2. The summed E-state index contributed by atoms with van der Waals surface area (Å²) in [5, 5.41) is 4.31. The van der Waals surface area contributed by atoms with E-state index in [0.717, 1.165) is 11.8 Å². The number of carbonyl (C=O) groups excluding carboxylic acids is 1. The van der Waals surface area contributed by atoms with Crippen molar-refractivity contribution >= 4 is 11.6 Å². The summed E-state index contributed by atoms with van der Waals surface area (Å²) in [6, 6.07) is 10.9. The predicted octanol–water partition coefficient (Wildman–Crippen LogP) is 4.55. The van der Waals surface area contributed by atoms with Crippen LogP contribution in [0.5, 0.6) is 0 Å². The minimum atomic E-state index is -4.52. The predicted molar refractivity (Wildman–Crippen MR) is 99.3 cm³/mol. The molecular weight excluding hydrogens is 386 g/mol. The Labute approximate surface area is 164 Å². The van der Waals surface area contributed by atoms with E-state index in [-0.39, 0.29) is 17.8 Å². The molecule has 1 aliphatic rings. The van der Waals surface area contributed by atoms with E-state index in [1.807, 2.05) is 0 Å². The molecular formula is C21H17F4N3O. The van der Waals surface area contributed by atoms with E-state index in [0.29, 0.717) is 30.8 Å². The van der Waals surface area contributed by atoms with Gasteiger partial charge in [0.2, 0.25) is 5.91 Å². The molecule has 8 heteroatoms. The Bertz CT molecular complexity index is 1040. The summed E-state index contributed by atoms with van der Waals surface area (Å²) in [6.07, 6.45) is -2.01. The van der Waals surface area contributed by atoms with Crippen LogP contribution in [0, 0.1) is 5.82 Å². The third-order valence-corrected chi connectivity index (χ3v) is 4.97. The highest BCUT2D eigenvalue weighted by atomic mass is 19.4. The fourth-order valence-electron chi connectivity index (χ4n) is 3.62. The van der Waals surface area contributed by atoms with Crippen LogP contribution in [-0.2, 0) is 23.8 Å². The molecule has 0 saturated heterocycles. The Hall–Kier alpha value is -3.16. The van der Waals surface area contributed by atoms with E-state index in [9.17, 15) is 22.4 Å². The highest BCUT2D eigenvalue weighted by Crippen LogP contribution is 2.33. The molecule has 2 heterocycles. The molecule has 1 aromatic heterocycles. The van der Waals surface area contributed by atoms with Crippen LogP contribution < -0.4 is 4.90 Å². The largest absolute Gasteiger partial charge is 0.416 e. The SMILES string of the molecule is O=C(Cc1ccccc1C(F)(F)F)N1CCCc2c1cnn2-c1ccc(F)cc1. The van der Waals surface area contributed by atoms with E-state index < -0.39 is 17.6 Å². The van der Waals surface area contributed by atoms with Gasteiger partial charge in [0.05, 0.1) is 35.2 Å². The number of carbonyl (C=O) groups is 1. The average Bonchev–Trinajstić information content (AvgIpc) is 3.12.